The third-order valence-electron chi connectivity index (χ3n) is 11.8. The van der Waals surface area contributed by atoms with E-state index in [1.165, 1.54) is 36.8 Å². The van der Waals surface area contributed by atoms with E-state index >= 15 is 0 Å². The first-order valence-corrected chi connectivity index (χ1v) is 26.6. The van der Waals surface area contributed by atoms with Gasteiger partial charge in [0, 0.05) is 43.6 Å². The van der Waals surface area contributed by atoms with Gasteiger partial charge in [-0.1, -0.05) is 76.3 Å². The number of likely N-dealkylation sites (tertiary alicyclic amines) is 1. The molecular formula is C47H77N10O11PS. The molecule has 1 aromatic heterocycles. The second-order valence-electron chi connectivity index (χ2n) is 18.3. The van der Waals surface area contributed by atoms with Crippen LogP contribution in [-0.4, -0.2) is 129 Å². The molecule has 1 fully saturated rings. The number of unbranched alkanes of at least 4 members (excludes halogenated alkanes) is 7. The third kappa shape index (κ3) is 22.1. The van der Waals surface area contributed by atoms with E-state index < -0.39 is 79.7 Å². The molecule has 11 N–H and O–H groups in total. The molecule has 392 valence electrons. The molecule has 3 rings (SSSR count). The number of imidazole rings is 1. The van der Waals surface area contributed by atoms with Crippen molar-refractivity contribution in [2.24, 2.45) is 17.4 Å². The Morgan fingerprint density at radius 3 is 2.20 bits per heavy atom. The van der Waals surface area contributed by atoms with E-state index in [0.717, 1.165) is 38.5 Å². The lowest BCUT2D eigenvalue weighted by Gasteiger charge is -2.28. The Kier molecular flexibility index (Phi) is 26.7. The van der Waals surface area contributed by atoms with Crippen LogP contribution < -0.4 is 38.1 Å². The highest BCUT2D eigenvalue weighted by Crippen LogP contribution is 2.45. The van der Waals surface area contributed by atoms with Crippen LogP contribution >= 0.6 is 20.5 Å². The number of aromatic amines is 1. The number of primary amides is 1. The van der Waals surface area contributed by atoms with Crippen molar-refractivity contribution in [3.05, 3.63) is 54.1 Å². The number of aryl methyl sites for hydroxylation is 1. The largest absolute Gasteiger partial charge is 0.472 e. The smallest absolute Gasteiger partial charge is 0.368 e. The van der Waals surface area contributed by atoms with Gasteiger partial charge in [-0.15, -0.1) is 0 Å². The average molecular weight is 1020 g/mol. The Morgan fingerprint density at radius 2 is 1.54 bits per heavy atom. The molecular weight excluding hydrogens is 944 g/mol. The van der Waals surface area contributed by atoms with Gasteiger partial charge in [0.1, 0.15) is 30.2 Å². The summed E-state index contributed by atoms with van der Waals surface area (Å²) >= 11 is 4.02. The molecule has 0 bridgehead atoms. The summed E-state index contributed by atoms with van der Waals surface area (Å²) in [5, 5.41) is 13.2. The predicted molar refractivity (Wildman–Crippen MR) is 267 cm³/mol. The Balaban J connectivity index is 1.53. The van der Waals surface area contributed by atoms with Crippen molar-refractivity contribution >= 4 is 61.8 Å². The summed E-state index contributed by atoms with van der Waals surface area (Å²) < 4.78 is 23.1. The van der Waals surface area contributed by atoms with Crippen LogP contribution in [-0.2, 0) is 60.0 Å². The first-order chi connectivity index (χ1) is 33.3. The number of carbonyl (C=O) groups is 7. The van der Waals surface area contributed by atoms with Gasteiger partial charge in [0.25, 0.3) is 0 Å². The number of amides is 7. The van der Waals surface area contributed by atoms with E-state index in [4.69, 9.17) is 20.5 Å². The van der Waals surface area contributed by atoms with E-state index in [-0.39, 0.29) is 49.4 Å². The zero-order valence-corrected chi connectivity index (χ0v) is 42.9. The van der Waals surface area contributed by atoms with Gasteiger partial charge in [-0.05, 0) is 76.7 Å². The normalized spacial score (nSPS) is 17.0. The maximum absolute atomic E-state index is 14.0. The molecule has 2 aromatic rings. The fraction of sp³-hybridized carbons (Fsp3) is 0.660. The van der Waals surface area contributed by atoms with Gasteiger partial charge in [0.2, 0.25) is 41.4 Å². The number of H-pyrrole nitrogens is 1. The summed E-state index contributed by atoms with van der Waals surface area (Å²) in [4.78, 5) is 111. The number of thiol groups is 1. The molecule has 23 heteroatoms. The minimum Gasteiger partial charge on any atom is -0.368 e. The molecule has 0 aliphatic carbocycles. The third-order valence-corrected chi connectivity index (χ3v) is 13.3. The lowest BCUT2D eigenvalue weighted by Crippen LogP contribution is -2.59. The fourth-order valence-corrected chi connectivity index (χ4v) is 9.02. The first kappa shape index (κ1) is 59.4. The zero-order valence-electron chi connectivity index (χ0n) is 41.1. The highest BCUT2D eigenvalue weighted by Gasteiger charge is 2.38. The fourth-order valence-electron chi connectivity index (χ4n) is 7.90. The van der Waals surface area contributed by atoms with Gasteiger partial charge in [0.05, 0.1) is 25.1 Å². The molecule has 1 aliphatic heterocycles. The molecule has 21 nitrogen and oxygen atoms in total. The van der Waals surface area contributed by atoms with Gasteiger partial charge in [-0.25, -0.2) is 9.55 Å². The molecule has 0 spiro atoms. The molecule has 0 radical (unpaired) electrons. The first-order valence-electron chi connectivity index (χ1n) is 24.4. The summed E-state index contributed by atoms with van der Waals surface area (Å²) in [5.41, 5.74) is 13.0. The minimum absolute atomic E-state index is 0.0668. The van der Waals surface area contributed by atoms with Crippen LogP contribution in [0.1, 0.15) is 122 Å². The Morgan fingerprint density at radius 1 is 0.871 bits per heavy atom. The molecule has 1 unspecified atom stereocenters. The Bertz CT molecular complexity index is 2000. The van der Waals surface area contributed by atoms with Crippen molar-refractivity contribution in [3.8, 4) is 0 Å². The van der Waals surface area contributed by atoms with E-state index in [2.05, 4.69) is 61.3 Å². The number of nitrogens with zero attached hydrogens (tertiary/aromatic N) is 2. The van der Waals surface area contributed by atoms with Crippen LogP contribution in [0.15, 0.2) is 42.9 Å². The monoisotopic (exact) mass is 1020 g/mol. The lowest BCUT2D eigenvalue weighted by molar-refractivity contribution is -0.140. The van der Waals surface area contributed by atoms with Crippen LogP contribution in [0.4, 0.5) is 0 Å². The molecule has 1 aromatic carbocycles. The number of hydrogen-bond donors (Lipinski definition) is 10. The van der Waals surface area contributed by atoms with Gasteiger partial charge < -0.3 is 52.8 Å². The van der Waals surface area contributed by atoms with Crippen molar-refractivity contribution in [2.45, 2.75) is 166 Å². The number of rotatable bonds is 34. The summed E-state index contributed by atoms with van der Waals surface area (Å²) in [6.45, 7) is 7.05. The minimum atomic E-state index is -4.68. The molecule has 1 saturated heterocycles. The second kappa shape index (κ2) is 31.5. The number of aromatic nitrogens is 2. The van der Waals surface area contributed by atoms with Gasteiger partial charge >= 0.3 is 7.82 Å². The van der Waals surface area contributed by atoms with E-state index in [1.54, 1.807) is 0 Å². The number of phosphoric acid groups is 1. The van der Waals surface area contributed by atoms with Crippen LogP contribution in [0.3, 0.4) is 0 Å². The number of nitrogens with one attached hydrogen (secondary N) is 6. The van der Waals surface area contributed by atoms with Crippen LogP contribution in [0.25, 0.3) is 0 Å². The second-order valence-corrected chi connectivity index (χ2v) is 20.0. The average Bonchev–Trinajstić information content (AvgIpc) is 4.03. The summed E-state index contributed by atoms with van der Waals surface area (Å²) in [7, 11) is -4.68. The molecule has 1 aliphatic rings. The number of hydrogen-bond acceptors (Lipinski definition) is 13. The standard InChI is InChI=1S/C47H77N10O11PS/c1-31(2)26-37(55-47(64)39-21-17-24-57(39)40(58)22-14-10-15-23-51-44(61)36(48)29-70)46(63)54-38(27-35-28-50-30-52-35)45(62)53-32(3)43(60)56-41(42(49)59)33(4)68-69(65,66)67-25-16-8-6-5-7-11-18-34-19-12-9-13-20-34/h9,12-13,19-20,28,30-33,36-39,41,70H,5-8,10-11,14-18,21-27,29,48H2,1-4H3,(H2,49,59)(H,50,52)(H,51,61)(H,53,62)(H,54,63)(H,55,64)(H,56,60)(H,65,66)/t32-,33+,36-,37-,38-,39-,41-/m0/s1. The molecule has 7 amide bonds. The summed E-state index contributed by atoms with van der Waals surface area (Å²) in [5.74, 6) is -4.27. The number of phosphoric ester groups is 1. The van der Waals surface area contributed by atoms with Crippen LogP contribution in [0.5, 0.6) is 0 Å². The van der Waals surface area contributed by atoms with Gasteiger partial charge in [0.15, 0.2) is 0 Å². The van der Waals surface area contributed by atoms with Crippen molar-refractivity contribution < 1.29 is 52.1 Å². The van der Waals surface area contributed by atoms with Crippen molar-refractivity contribution in [3.63, 3.8) is 0 Å². The maximum atomic E-state index is 14.0. The zero-order chi connectivity index (χ0) is 51.6. The summed E-state index contributed by atoms with van der Waals surface area (Å²) in [6.07, 6.45) is 11.0. The molecule has 0 saturated carbocycles. The molecule has 70 heavy (non-hydrogen) atoms. The highest BCUT2D eigenvalue weighted by molar-refractivity contribution is 7.80. The van der Waals surface area contributed by atoms with Gasteiger partial charge in [-0.3, -0.25) is 42.6 Å². The van der Waals surface area contributed by atoms with Crippen LogP contribution in [0, 0.1) is 5.92 Å². The number of nitrogens with two attached hydrogens (primary N) is 2. The molecule has 8 atom stereocenters. The van der Waals surface area contributed by atoms with E-state index in [0.29, 0.717) is 57.3 Å². The Hall–Kier alpha value is -4.86. The number of benzene rings is 1. The van der Waals surface area contributed by atoms with Crippen molar-refractivity contribution in [2.75, 3.05) is 25.4 Å². The SMILES string of the molecule is CC(C)C[C@H](NC(=O)[C@@H]1CCCN1C(=O)CCCCCNC(=O)[C@@H](N)CS)C(=O)N[C@@H](Cc1cnc[nH]1)C(=O)N[C@@H](C)C(=O)N[C@H](C(N)=O)[C@@H](C)OP(=O)(O)OCCCCCCCCc1ccccc1. The van der Waals surface area contributed by atoms with Gasteiger partial charge in [-0.2, -0.15) is 12.6 Å². The Labute approximate surface area is 417 Å². The van der Waals surface area contributed by atoms with Crippen molar-refractivity contribution in [1.82, 2.24) is 41.5 Å². The maximum Gasteiger partial charge on any atom is 0.472 e. The summed E-state index contributed by atoms with van der Waals surface area (Å²) in [6, 6.07) is 3.45. The topological polar surface area (TPSA) is 319 Å². The van der Waals surface area contributed by atoms with E-state index in [9.17, 15) is 43.0 Å². The van der Waals surface area contributed by atoms with Crippen LogP contribution in [0.2, 0.25) is 0 Å². The lowest BCUT2D eigenvalue weighted by atomic mass is 10.0. The van der Waals surface area contributed by atoms with Crippen molar-refractivity contribution in [1.29, 1.82) is 0 Å². The number of carbonyl (C=O) groups excluding carboxylic acids is 7. The highest BCUT2D eigenvalue weighted by atomic mass is 32.1. The van der Waals surface area contributed by atoms with E-state index in [1.807, 2.05) is 32.0 Å². The quantitative estimate of drug-likeness (QED) is 0.0274. The predicted octanol–water partition coefficient (Wildman–Crippen LogP) is 2.47. The molecule has 2 heterocycles.